The lowest BCUT2D eigenvalue weighted by Gasteiger charge is -2.19. The molecule has 0 saturated heterocycles. The molecule has 0 fully saturated rings. The largest absolute Gasteiger partial charge is 0.370 e. The number of nitrogens with one attached hydrogen (secondary N) is 1. The highest BCUT2D eigenvalue weighted by molar-refractivity contribution is 5.46. The van der Waals surface area contributed by atoms with Crippen molar-refractivity contribution in [2.24, 2.45) is 0 Å². The van der Waals surface area contributed by atoms with E-state index in [4.69, 9.17) is 0 Å². The van der Waals surface area contributed by atoms with Gasteiger partial charge in [0.25, 0.3) is 0 Å². The highest BCUT2D eigenvalue weighted by Crippen LogP contribution is 2.15. The molecule has 0 atom stereocenters. The third-order valence-corrected chi connectivity index (χ3v) is 2.77. The van der Waals surface area contributed by atoms with Gasteiger partial charge in [-0.3, -0.25) is 9.97 Å². The van der Waals surface area contributed by atoms with Gasteiger partial charge in [0.05, 0.1) is 5.69 Å². The summed E-state index contributed by atoms with van der Waals surface area (Å²) < 4.78 is 0. The van der Waals surface area contributed by atoms with E-state index in [0.717, 1.165) is 18.8 Å². The van der Waals surface area contributed by atoms with Gasteiger partial charge in [-0.15, -0.1) is 0 Å². The number of rotatable bonds is 5. The topological polar surface area (TPSA) is 41.0 Å². The molecular formula is C14H18N4. The van der Waals surface area contributed by atoms with Gasteiger partial charge in [-0.2, -0.15) is 0 Å². The van der Waals surface area contributed by atoms with E-state index < -0.39 is 0 Å². The zero-order valence-corrected chi connectivity index (χ0v) is 10.8. The fraction of sp³-hybridized carbons (Fsp3) is 0.286. The molecule has 2 rings (SSSR count). The smallest absolute Gasteiger partial charge is 0.0562 e. The Kier molecular flexibility index (Phi) is 4.25. The quantitative estimate of drug-likeness (QED) is 0.868. The molecule has 0 amide bonds. The first kappa shape index (κ1) is 12.5. The van der Waals surface area contributed by atoms with Crippen LogP contribution in [0.2, 0.25) is 0 Å². The summed E-state index contributed by atoms with van der Waals surface area (Å²) in [5, 5.41) is 3.11. The minimum atomic E-state index is 0.789. The van der Waals surface area contributed by atoms with Gasteiger partial charge < -0.3 is 10.2 Å². The van der Waals surface area contributed by atoms with E-state index >= 15 is 0 Å². The summed E-state index contributed by atoms with van der Waals surface area (Å²) in [6.07, 6.45) is 5.50. The fourth-order valence-electron chi connectivity index (χ4n) is 1.83. The molecule has 0 radical (unpaired) electrons. The van der Waals surface area contributed by atoms with Crippen LogP contribution >= 0.6 is 0 Å². The van der Waals surface area contributed by atoms with Crippen LogP contribution in [-0.4, -0.2) is 24.1 Å². The predicted molar refractivity (Wildman–Crippen MR) is 73.3 cm³/mol. The molecule has 0 unspecified atom stereocenters. The van der Waals surface area contributed by atoms with Crippen LogP contribution in [0.3, 0.4) is 0 Å². The minimum absolute atomic E-state index is 0.789. The maximum atomic E-state index is 4.32. The fourth-order valence-corrected chi connectivity index (χ4v) is 1.83. The molecule has 0 saturated carbocycles. The Labute approximate surface area is 108 Å². The molecule has 4 nitrogen and oxygen atoms in total. The molecule has 94 valence electrons. The predicted octanol–water partition coefficient (Wildman–Crippen LogP) is 1.83. The van der Waals surface area contributed by atoms with Crippen LogP contribution in [0.15, 0.2) is 42.9 Å². The van der Waals surface area contributed by atoms with Crippen LogP contribution in [0.1, 0.15) is 11.3 Å². The van der Waals surface area contributed by atoms with Crippen molar-refractivity contribution in [3.63, 3.8) is 0 Å². The number of aromatic nitrogens is 2. The zero-order valence-electron chi connectivity index (χ0n) is 10.8. The van der Waals surface area contributed by atoms with Crippen molar-refractivity contribution < 1.29 is 0 Å². The average Bonchev–Trinajstić information content (AvgIpc) is 2.40. The Balaban J connectivity index is 2.08. The summed E-state index contributed by atoms with van der Waals surface area (Å²) in [5.74, 6) is 0. The molecule has 0 aliphatic heterocycles. The van der Waals surface area contributed by atoms with Crippen molar-refractivity contribution in [3.8, 4) is 0 Å². The zero-order chi connectivity index (χ0) is 12.8. The van der Waals surface area contributed by atoms with Crippen molar-refractivity contribution in [1.29, 1.82) is 0 Å². The molecule has 1 N–H and O–H groups in total. The van der Waals surface area contributed by atoms with Crippen LogP contribution in [-0.2, 0) is 13.1 Å². The van der Waals surface area contributed by atoms with Gasteiger partial charge in [0.15, 0.2) is 0 Å². The summed E-state index contributed by atoms with van der Waals surface area (Å²) >= 11 is 0. The Hall–Kier alpha value is -1.94. The van der Waals surface area contributed by atoms with Gasteiger partial charge in [0.2, 0.25) is 0 Å². The standard InChI is InChI=1S/C14H18N4/c1-15-10-13-9-14(5-8-17-13)18(2)11-12-3-6-16-7-4-12/h3-9,15H,10-11H2,1-2H3. The highest BCUT2D eigenvalue weighted by Gasteiger charge is 2.03. The molecule has 0 spiro atoms. The van der Waals surface area contributed by atoms with Gasteiger partial charge in [-0.05, 0) is 36.9 Å². The molecule has 2 aromatic heterocycles. The summed E-state index contributed by atoms with van der Waals surface area (Å²) in [6, 6.07) is 8.20. The van der Waals surface area contributed by atoms with Crippen molar-refractivity contribution in [2.75, 3.05) is 19.0 Å². The van der Waals surface area contributed by atoms with Gasteiger partial charge in [0, 0.05) is 44.4 Å². The molecule has 2 heterocycles. The molecule has 4 heteroatoms. The van der Waals surface area contributed by atoms with E-state index in [0.29, 0.717) is 0 Å². The third-order valence-electron chi connectivity index (χ3n) is 2.77. The normalized spacial score (nSPS) is 10.3. The van der Waals surface area contributed by atoms with Gasteiger partial charge in [-0.25, -0.2) is 0 Å². The van der Waals surface area contributed by atoms with Gasteiger partial charge in [-0.1, -0.05) is 0 Å². The molecule has 0 aliphatic rings. The number of pyridine rings is 2. The lowest BCUT2D eigenvalue weighted by Crippen LogP contribution is -2.17. The highest BCUT2D eigenvalue weighted by atomic mass is 15.1. The number of hydrogen-bond acceptors (Lipinski definition) is 4. The third kappa shape index (κ3) is 3.28. The van der Waals surface area contributed by atoms with Crippen LogP contribution in [0.5, 0.6) is 0 Å². The van der Waals surface area contributed by atoms with Crippen LogP contribution in [0.4, 0.5) is 5.69 Å². The van der Waals surface area contributed by atoms with Crippen LogP contribution in [0, 0.1) is 0 Å². The molecule has 0 aromatic carbocycles. The van der Waals surface area contributed by atoms with Crippen molar-refractivity contribution in [3.05, 3.63) is 54.1 Å². The molecule has 2 aromatic rings. The first-order valence-corrected chi connectivity index (χ1v) is 5.99. The Morgan fingerprint density at radius 1 is 1.17 bits per heavy atom. The van der Waals surface area contributed by atoms with Gasteiger partial charge in [0.1, 0.15) is 0 Å². The van der Waals surface area contributed by atoms with Crippen molar-refractivity contribution in [1.82, 2.24) is 15.3 Å². The maximum Gasteiger partial charge on any atom is 0.0562 e. The van der Waals surface area contributed by atoms with Crippen LogP contribution in [0.25, 0.3) is 0 Å². The average molecular weight is 242 g/mol. The first-order valence-electron chi connectivity index (χ1n) is 5.99. The molecule has 18 heavy (non-hydrogen) atoms. The van der Waals surface area contributed by atoms with Crippen molar-refractivity contribution >= 4 is 5.69 Å². The summed E-state index contributed by atoms with van der Waals surface area (Å²) in [6.45, 7) is 1.66. The molecule has 0 aliphatic carbocycles. The number of anilines is 1. The van der Waals surface area contributed by atoms with Gasteiger partial charge >= 0.3 is 0 Å². The van der Waals surface area contributed by atoms with E-state index in [1.807, 2.05) is 43.8 Å². The SMILES string of the molecule is CNCc1cc(N(C)Cc2ccncc2)ccn1. The summed E-state index contributed by atoms with van der Waals surface area (Å²) in [4.78, 5) is 10.6. The van der Waals surface area contributed by atoms with Crippen LogP contribution < -0.4 is 10.2 Å². The summed E-state index contributed by atoms with van der Waals surface area (Å²) in [7, 11) is 4.01. The first-order chi connectivity index (χ1) is 8.79. The second-order valence-corrected chi connectivity index (χ2v) is 4.25. The van der Waals surface area contributed by atoms with E-state index in [-0.39, 0.29) is 0 Å². The monoisotopic (exact) mass is 242 g/mol. The second-order valence-electron chi connectivity index (χ2n) is 4.25. The van der Waals surface area contributed by atoms with E-state index in [2.05, 4.69) is 33.3 Å². The van der Waals surface area contributed by atoms with E-state index in [9.17, 15) is 0 Å². The maximum absolute atomic E-state index is 4.32. The lowest BCUT2D eigenvalue weighted by molar-refractivity contribution is 0.788. The lowest BCUT2D eigenvalue weighted by atomic mass is 10.2. The number of hydrogen-bond donors (Lipinski definition) is 1. The molecule has 0 bridgehead atoms. The minimum Gasteiger partial charge on any atom is -0.370 e. The van der Waals surface area contributed by atoms with E-state index in [1.54, 1.807) is 0 Å². The van der Waals surface area contributed by atoms with E-state index in [1.165, 1.54) is 11.3 Å². The van der Waals surface area contributed by atoms with Crippen molar-refractivity contribution in [2.45, 2.75) is 13.1 Å². The Bertz CT molecular complexity index is 484. The molecular weight excluding hydrogens is 224 g/mol. The Morgan fingerprint density at radius 2 is 1.94 bits per heavy atom. The Morgan fingerprint density at radius 3 is 2.67 bits per heavy atom. The number of nitrogens with zero attached hydrogens (tertiary/aromatic N) is 3. The summed E-state index contributed by atoms with van der Waals surface area (Å²) in [5.41, 5.74) is 3.48. The second kappa shape index (κ2) is 6.12.